The highest BCUT2D eigenvalue weighted by Gasteiger charge is 2.14. The number of ketones is 1. The van der Waals surface area contributed by atoms with E-state index < -0.39 is 11.2 Å². The fourth-order valence-electron chi connectivity index (χ4n) is 1.35. The second kappa shape index (κ2) is 5.38. The normalized spacial score (nSPS) is 13.9. The zero-order chi connectivity index (χ0) is 13.8. The summed E-state index contributed by atoms with van der Waals surface area (Å²) in [4.78, 5) is 25.2. The van der Waals surface area contributed by atoms with Crippen molar-refractivity contribution in [2.45, 2.75) is 0 Å². The third-order valence-corrected chi connectivity index (χ3v) is 2.25. The summed E-state index contributed by atoms with van der Waals surface area (Å²) in [6.45, 7) is 0.0902. The topological polar surface area (TPSA) is 73.7 Å². The third kappa shape index (κ3) is 3.01. The maximum atomic E-state index is 11.9. The molecule has 1 aliphatic rings. The van der Waals surface area contributed by atoms with Gasteiger partial charge in [0.15, 0.2) is 5.69 Å². The molecular weight excluding hydrogens is 250 g/mol. The van der Waals surface area contributed by atoms with Gasteiger partial charge in [-0.05, 0) is 0 Å². The predicted octanol–water partition coefficient (Wildman–Crippen LogP) is 0.262. The molecule has 0 N–H and O–H groups in total. The number of aromatic nitrogens is 2. The van der Waals surface area contributed by atoms with Crippen molar-refractivity contribution in [2.75, 3.05) is 20.9 Å². The van der Waals surface area contributed by atoms with Gasteiger partial charge in [-0.3, -0.25) is 9.59 Å². The van der Waals surface area contributed by atoms with Gasteiger partial charge in [0.1, 0.15) is 6.26 Å². The average Bonchev–Trinajstić information content (AvgIpc) is 2.90. The summed E-state index contributed by atoms with van der Waals surface area (Å²) >= 11 is 0. The smallest absolute Gasteiger partial charge is 0.253 e. The molecule has 7 nitrogen and oxygen atoms in total. The Morgan fingerprint density at radius 2 is 2.32 bits per heavy atom. The van der Waals surface area contributed by atoms with Crippen molar-refractivity contribution in [1.29, 1.82) is 0 Å². The minimum atomic E-state index is -0.465. The van der Waals surface area contributed by atoms with Crippen LogP contribution in [0.1, 0.15) is 10.5 Å². The molecule has 0 saturated carbocycles. The molecule has 0 aliphatic carbocycles. The molecule has 7 heteroatoms. The van der Waals surface area contributed by atoms with Crippen LogP contribution in [0.2, 0.25) is 0 Å². The SMILES string of the molecule is CN(C)/C=C/C(=O)c1nn(C2=COCO2)ccc1=O. The number of rotatable bonds is 4. The van der Waals surface area contributed by atoms with Crippen LogP contribution in [-0.2, 0) is 9.47 Å². The molecule has 1 aliphatic heterocycles. The van der Waals surface area contributed by atoms with E-state index in [9.17, 15) is 9.59 Å². The van der Waals surface area contributed by atoms with Gasteiger partial charge in [-0.15, -0.1) is 0 Å². The second-order valence-corrected chi connectivity index (χ2v) is 4.00. The second-order valence-electron chi connectivity index (χ2n) is 4.00. The number of carbonyl (C=O) groups excluding carboxylic acids is 1. The van der Waals surface area contributed by atoms with Gasteiger partial charge >= 0.3 is 0 Å². The lowest BCUT2D eigenvalue weighted by atomic mass is 10.2. The Bertz CT molecular complexity index is 601. The first-order valence-corrected chi connectivity index (χ1v) is 5.52. The Hall–Kier alpha value is -2.57. The molecule has 19 heavy (non-hydrogen) atoms. The standard InChI is InChI=1S/C12H13N3O4/c1-14(2)5-3-9(16)12-10(17)4-6-15(13-12)11-7-18-8-19-11/h3-7H,8H2,1-2H3/b5-3+. The number of ether oxygens (including phenoxy) is 2. The van der Waals surface area contributed by atoms with Gasteiger partial charge in [0, 0.05) is 38.6 Å². The highest BCUT2D eigenvalue weighted by atomic mass is 16.7. The van der Waals surface area contributed by atoms with Crippen LogP contribution in [0, 0.1) is 0 Å². The molecular formula is C12H13N3O4. The molecule has 0 unspecified atom stereocenters. The summed E-state index contributed by atoms with van der Waals surface area (Å²) in [5.41, 5.74) is -0.610. The van der Waals surface area contributed by atoms with E-state index in [2.05, 4.69) is 5.10 Å². The molecule has 2 heterocycles. The summed E-state index contributed by atoms with van der Waals surface area (Å²) in [5, 5.41) is 3.94. The molecule has 0 amide bonds. The molecule has 1 aromatic heterocycles. The van der Waals surface area contributed by atoms with Gasteiger partial charge < -0.3 is 14.4 Å². The lowest BCUT2D eigenvalue weighted by molar-refractivity contribution is 0.0948. The first-order chi connectivity index (χ1) is 9.08. The third-order valence-electron chi connectivity index (χ3n) is 2.25. The van der Waals surface area contributed by atoms with Crippen LogP contribution in [0.5, 0.6) is 0 Å². The summed E-state index contributed by atoms with van der Waals surface area (Å²) < 4.78 is 11.3. The maximum Gasteiger partial charge on any atom is 0.253 e. The van der Waals surface area contributed by atoms with Crippen LogP contribution in [0.25, 0.3) is 5.88 Å². The molecule has 0 radical (unpaired) electrons. The molecule has 0 spiro atoms. The fraction of sp³-hybridized carbons (Fsp3) is 0.250. The Balaban J connectivity index is 2.32. The fourth-order valence-corrected chi connectivity index (χ4v) is 1.35. The number of nitrogens with zero attached hydrogens (tertiary/aromatic N) is 3. The molecule has 0 bridgehead atoms. The van der Waals surface area contributed by atoms with E-state index in [1.54, 1.807) is 25.2 Å². The van der Waals surface area contributed by atoms with E-state index in [-0.39, 0.29) is 12.5 Å². The van der Waals surface area contributed by atoms with Gasteiger partial charge in [0.2, 0.25) is 18.0 Å². The van der Waals surface area contributed by atoms with Crippen LogP contribution in [-0.4, -0.2) is 41.4 Å². The quantitative estimate of drug-likeness (QED) is 0.573. The van der Waals surface area contributed by atoms with Crippen molar-refractivity contribution < 1.29 is 14.3 Å². The molecule has 100 valence electrons. The van der Waals surface area contributed by atoms with E-state index in [1.807, 2.05) is 0 Å². The zero-order valence-electron chi connectivity index (χ0n) is 10.6. The summed E-state index contributed by atoms with van der Waals surface area (Å²) in [6.07, 6.45) is 5.61. The van der Waals surface area contributed by atoms with Gasteiger partial charge in [0.05, 0.1) is 0 Å². The monoisotopic (exact) mass is 263 g/mol. The molecule has 0 atom stereocenters. The van der Waals surface area contributed by atoms with Crippen molar-refractivity contribution in [3.8, 4) is 0 Å². The first kappa shape index (κ1) is 12.9. The predicted molar refractivity (Wildman–Crippen MR) is 67.0 cm³/mol. The molecule has 2 rings (SSSR count). The van der Waals surface area contributed by atoms with Crippen molar-refractivity contribution >= 4 is 11.7 Å². The lowest BCUT2D eigenvalue weighted by Gasteiger charge is -2.05. The summed E-state index contributed by atoms with van der Waals surface area (Å²) in [7, 11) is 3.55. The Morgan fingerprint density at radius 1 is 1.53 bits per heavy atom. The number of hydrogen-bond acceptors (Lipinski definition) is 6. The highest BCUT2D eigenvalue weighted by molar-refractivity contribution is 6.02. The first-order valence-electron chi connectivity index (χ1n) is 5.52. The summed E-state index contributed by atoms with van der Waals surface area (Å²) in [5.74, 6) is -0.141. The van der Waals surface area contributed by atoms with Crippen LogP contribution in [0.4, 0.5) is 0 Å². The number of allylic oxidation sites excluding steroid dienone is 1. The molecule has 1 aromatic rings. The van der Waals surface area contributed by atoms with Gasteiger partial charge in [-0.1, -0.05) is 0 Å². The van der Waals surface area contributed by atoms with Crippen LogP contribution in [0.15, 0.2) is 35.6 Å². The molecule has 0 fully saturated rings. The van der Waals surface area contributed by atoms with E-state index in [0.29, 0.717) is 5.88 Å². The highest BCUT2D eigenvalue weighted by Crippen LogP contribution is 2.10. The van der Waals surface area contributed by atoms with Crippen molar-refractivity contribution in [3.63, 3.8) is 0 Å². The largest absolute Gasteiger partial charge is 0.459 e. The van der Waals surface area contributed by atoms with E-state index in [1.165, 1.54) is 29.3 Å². The van der Waals surface area contributed by atoms with E-state index in [4.69, 9.17) is 9.47 Å². The zero-order valence-corrected chi connectivity index (χ0v) is 10.6. The number of hydrogen-bond donors (Lipinski definition) is 0. The van der Waals surface area contributed by atoms with E-state index in [0.717, 1.165) is 0 Å². The minimum absolute atomic E-state index is 0.0902. The van der Waals surface area contributed by atoms with E-state index >= 15 is 0 Å². The van der Waals surface area contributed by atoms with Crippen LogP contribution in [0.3, 0.4) is 0 Å². The Labute approximate surface area is 109 Å². The van der Waals surface area contributed by atoms with Crippen molar-refractivity contribution in [2.24, 2.45) is 0 Å². The minimum Gasteiger partial charge on any atom is -0.459 e. The van der Waals surface area contributed by atoms with Crippen LogP contribution >= 0.6 is 0 Å². The lowest BCUT2D eigenvalue weighted by Crippen LogP contribution is -2.20. The Morgan fingerprint density at radius 3 is 2.95 bits per heavy atom. The van der Waals surface area contributed by atoms with Gasteiger partial charge in [-0.25, -0.2) is 4.68 Å². The van der Waals surface area contributed by atoms with Crippen LogP contribution < -0.4 is 5.43 Å². The molecule has 0 aromatic carbocycles. The average molecular weight is 263 g/mol. The van der Waals surface area contributed by atoms with Crippen molar-refractivity contribution in [1.82, 2.24) is 14.7 Å². The maximum absolute atomic E-state index is 11.9. The molecule has 0 saturated heterocycles. The van der Waals surface area contributed by atoms with Crippen molar-refractivity contribution in [3.05, 3.63) is 46.7 Å². The number of carbonyl (C=O) groups is 1. The summed E-state index contributed by atoms with van der Waals surface area (Å²) in [6, 6.07) is 1.26. The van der Waals surface area contributed by atoms with Gasteiger partial charge in [0.25, 0.3) is 5.88 Å². The van der Waals surface area contributed by atoms with Gasteiger partial charge in [-0.2, -0.15) is 5.10 Å². The Kier molecular flexibility index (Phi) is 3.65.